The smallest absolute Gasteiger partial charge is 0.307 e. The third-order valence-corrected chi connectivity index (χ3v) is 3.36. The third-order valence-electron chi connectivity index (χ3n) is 2.48. The second kappa shape index (κ2) is 6.04. The van der Waals surface area contributed by atoms with Gasteiger partial charge in [-0.15, -0.1) is 0 Å². The van der Waals surface area contributed by atoms with Gasteiger partial charge in [-0.2, -0.15) is 0 Å². The van der Waals surface area contributed by atoms with Crippen LogP contribution in [0.3, 0.4) is 0 Å². The Balaban J connectivity index is 2.05. The van der Waals surface area contributed by atoms with Crippen molar-refractivity contribution in [3.63, 3.8) is 0 Å². The molecule has 1 aromatic heterocycles. The first-order chi connectivity index (χ1) is 9.06. The van der Waals surface area contributed by atoms with Gasteiger partial charge in [0.1, 0.15) is 5.82 Å². The minimum Gasteiger partial charge on any atom is -0.307 e. The molecule has 0 aliphatic heterocycles. The van der Waals surface area contributed by atoms with Gasteiger partial charge in [0.25, 0.3) is 0 Å². The SMILES string of the molecule is Cc1c(Cl)cccc1NC(=O)Nc1ccc(Br)cn1. The maximum Gasteiger partial charge on any atom is 0.324 e. The van der Waals surface area contributed by atoms with E-state index in [1.807, 2.05) is 6.92 Å². The molecule has 2 N–H and O–H groups in total. The standard InChI is InChI=1S/C13H11BrClN3O/c1-8-10(15)3-2-4-11(8)17-13(19)18-12-6-5-9(14)7-16-12/h2-7H,1H3,(H2,16,17,18,19). The van der Waals surface area contributed by atoms with Gasteiger partial charge in [0.05, 0.1) is 0 Å². The number of carbonyl (C=O) groups is 1. The molecular weight excluding hydrogens is 330 g/mol. The van der Waals surface area contributed by atoms with E-state index in [4.69, 9.17) is 11.6 Å². The second-order valence-corrected chi connectivity index (χ2v) is 5.18. The summed E-state index contributed by atoms with van der Waals surface area (Å²) in [5, 5.41) is 5.98. The van der Waals surface area contributed by atoms with Gasteiger partial charge in [0, 0.05) is 21.4 Å². The third kappa shape index (κ3) is 3.68. The molecule has 6 heteroatoms. The van der Waals surface area contributed by atoms with Crippen LogP contribution in [-0.2, 0) is 0 Å². The highest BCUT2D eigenvalue weighted by Gasteiger charge is 2.07. The number of benzene rings is 1. The van der Waals surface area contributed by atoms with Crippen LogP contribution >= 0.6 is 27.5 Å². The summed E-state index contributed by atoms with van der Waals surface area (Å²) in [7, 11) is 0. The lowest BCUT2D eigenvalue weighted by atomic mass is 10.2. The van der Waals surface area contributed by atoms with Crippen LogP contribution in [0.5, 0.6) is 0 Å². The van der Waals surface area contributed by atoms with Crippen LogP contribution in [0.4, 0.5) is 16.3 Å². The lowest BCUT2D eigenvalue weighted by molar-refractivity contribution is 0.262. The Labute approximate surface area is 124 Å². The van der Waals surface area contributed by atoms with Crippen molar-refractivity contribution in [2.75, 3.05) is 10.6 Å². The number of hydrogen-bond donors (Lipinski definition) is 2. The van der Waals surface area contributed by atoms with E-state index < -0.39 is 0 Å². The fourth-order valence-corrected chi connectivity index (χ4v) is 1.87. The number of hydrogen-bond acceptors (Lipinski definition) is 2. The van der Waals surface area contributed by atoms with E-state index in [9.17, 15) is 4.79 Å². The topological polar surface area (TPSA) is 54.0 Å². The van der Waals surface area contributed by atoms with Gasteiger partial charge in [-0.3, -0.25) is 5.32 Å². The Morgan fingerprint density at radius 3 is 2.74 bits per heavy atom. The lowest BCUT2D eigenvalue weighted by Gasteiger charge is -2.10. The van der Waals surface area contributed by atoms with Crippen molar-refractivity contribution in [1.29, 1.82) is 0 Å². The summed E-state index contributed by atoms with van der Waals surface area (Å²) in [6.45, 7) is 1.84. The molecule has 1 heterocycles. The van der Waals surface area contributed by atoms with Gasteiger partial charge in [0.15, 0.2) is 0 Å². The summed E-state index contributed by atoms with van der Waals surface area (Å²) >= 11 is 9.26. The molecule has 2 rings (SSSR count). The van der Waals surface area contributed by atoms with E-state index >= 15 is 0 Å². The molecule has 1 aromatic carbocycles. The molecule has 0 saturated carbocycles. The molecule has 2 aromatic rings. The molecule has 0 radical (unpaired) electrons. The molecule has 0 fully saturated rings. The minimum atomic E-state index is -0.361. The largest absolute Gasteiger partial charge is 0.324 e. The molecule has 0 aliphatic rings. The van der Waals surface area contributed by atoms with Gasteiger partial charge in [-0.25, -0.2) is 9.78 Å². The first-order valence-electron chi connectivity index (χ1n) is 5.51. The van der Waals surface area contributed by atoms with Gasteiger partial charge >= 0.3 is 6.03 Å². The van der Waals surface area contributed by atoms with E-state index in [1.165, 1.54) is 0 Å². The van der Waals surface area contributed by atoms with Crippen molar-refractivity contribution in [1.82, 2.24) is 4.98 Å². The Hall–Kier alpha value is -1.59. The van der Waals surface area contributed by atoms with E-state index in [2.05, 4.69) is 31.5 Å². The molecule has 0 atom stereocenters. The van der Waals surface area contributed by atoms with Gasteiger partial charge in [-0.05, 0) is 52.7 Å². The Bertz CT molecular complexity index is 601. The van der Waals surface area contributed by atoms with Crippen LogP contribution < -0.4 is 10.6 Å². The Morgan fingerprint density at radius 1 is 1.26 bits per heavy atom. The first kappa shape index (κ1) is 13.8. The zero-order valence-electron chi connectivity index (χ0n) is 10.1. The maximum absolute atomic E-state index is 11.8. The van der Waals surface area contributed by atoms with E-state index in [0.29, 0.717) is 16.5 Å². The highest BCUT2D eigenvalue weighted by atomic mass is 79.9. The molecular formula is C13H11BrClN3O. The quantitative estimate of drug-likeness (QED) is 0.848. The Morgan fingerprint density at radius 2 is 2.05 bits per heavy atom. The normalized spacial score (nSPS) is 10.1. The predicted octanol–water partition coefficient (Wildman–Crippen LogP) is 4.45. The number of nitrogens with one attached hydrogen (secondary N) is 2. The highest BCUT2D eigenvalue weighted by molar-refractivity contribution is 9.10. The second-order valence-electron chi connectivity index (χ2n) is 3.85. The molecule has 0 spiro atoms. The van der Waals surface area contributed by atoms with Crippen molar-refractivity contribution >= 4 is 45.1 Å². The molecule has 0 aliphatic carbocycles. The zero-order valence-corrected chi connectivity index (χ0v) is 12.4. The van der Waals surface area contributed by atoms with Crippen molar-refractivity contribution < 1.29 is 4.79 Å². The predicted molar refractivity (Wildman–Crippen MR) is 80.8 cm³/mol. The van der Waals surface area contributed by atoms with Crippen LogP contribution in [0.2, 0.25) is 5.02 Å². The van der Waals surface area contributed by atoms with E-state index in [0.717, 1.165) is 10.0 Å². The lowest BCUT2D eigenvalue weighted by Crippen LogP contribution is -2.20. The summed E-state index contributed by atoms with van der Waals surface area (Å²) in [6, 6.07) is 8.48. The molecule has 4 nitrogen and oxygen atoms in total. The maximum atomic E-state index is 11.8. The molecule has 19 heavy (non-hydrogen) atoms. The molecule has 0 bridgehead atoms. The van der Waals surface area contributed by atoms with Crippen LogP contribution in [0.15, 0.2) is 41.0 Å². The number of pyridine rings is 1. The zero-order chi connectivity index (χ0) is 13.8. The number of halogens is 2. The summed E-state index contributed by atoms with van der Waals surface area (Å²) in [5.74, 6) is 0.473. The van der Waals surface area contributed by atoms with Crippen molar-refractivity contribution in [3.8, 4) is 0 Å². The molecule has 2 amide bonds. The van der Waals surface area contributed by atoms with Crippen LogP contribution in [0.1, 0.15) is 5.56 Å². The summed E-state index contributed by atoms with van der Waals surface area (Å²) in [4.78, 5) is 15.9. The summed E-state index contributed by atoms with van der Waals surface area (Å²) in [6.07, 6.45) is 1.61. The van der Waals surface area contributed by atoms with Crippen LogP contribution in [0, 0.1) is 6.92 Å². The first-order valence-corrected chi connectivity index (χ1v) is 6.68. The monoisotopic (exact) mass is 339 g/mol. The molecule has 0 saturated heterocycles. The average Bonchev–Trinajstić information content (AvgIpc) is 2.38. The highest BCUT2D eigenvalue weighted by Crippen LogP contribution is 2.23. The number of urea groups is 1. The van der Waals surface area contributed by atoms with Crippen molar-refractivity contribution in [2.24, 2.45) is 0 Å². The summed E-state index contributed by atoms with van der Waals surface area (Å²) < 4.78 is 0.851. The van der Waals surface area contributed by atoms with Crippen LogP contribution in [0.25, 0.3) is 0 Å². The van der Waals surface area contributed by atoms with E-state index in [1.54, 1.807) is 36.5 Å². The average molecular weight is 341 g/mol. The van der Waals surface area contributed by atoms with Crippen LogP contribution in [-0.4, -0.2) is 11.0 Å². The number of anilines is 2. The number of amides is 2. The fraction of sp³-hybridized carbons (Fsp3) is 0.0769. The number of rotatable bonds is 2. The fourth-order valence-electron chi connectivity index (χ4n) is 1.46. The minimum absolute atomic E-state index is 0.361. The van der Waals surface area contributed by atoms with E-state index in [-0.39, 0.29) is 6.03 Å². The van der Waals surface area contributed by atoms with Gasteiger partial charge < -0.3 is 5.32 Å². The number of aromatic nitrogens is 1. The van der Waals surface area contributed by atoms with Gasteiger partial charge in [0.2, 0.25) is 0 Å². The molecule has 0 unspecified atom stereocenters. The van der Waals surface area contributed by atoms with Gasteiger partial charge in [-0.1, -0.05) is 17.7 Å². The number of carbonyl (C=O) groups excluding carboxylic acids is 1. The Kier molecular flexibility index (Phi) is 4.39. The number of nitrogens with zero attached hydrogens (tertiary/aromatic N) is 1. The van der Waals surface area contributed by atoms with Crippen molar-refractivity contribution in [2.45, 2.75) is 6.92 Å². The molecule has 98 valence electrons. The summed E-state index contributed by atoms with van der Waals surface area (Å²) in [5.41, 5.74) is 1.49. The van der Waals surface area contributed by atoms with Crippen molar-refractivity contribution in [3.05, 3.63) is 51.6 Å².